The number of amides is 1. The van der Waals surface area contributed by atoms with Gasteiger partial charge in [-0.3, -0.25) is 14.6 Å². The monoisotopic (exact) mass is 962 g/mol. The fourth-order valence-electron chi connectivity index (χ4n) is 9.04. The second-order valence-electron chi connectivity index (χ2n) is 18.6. The summed E-state index contributed by atoms with van der Waals surface area (Å²) >= 11 is 3.25. The Morgan fingerprint density at radius 1 is 1.00 bits per heavy atom. The van der Waals surface area contributed by atoms with Gasteiger partial charge in [0.15, 0.2) is 0 Å². The molecule has 8 rings (SSSR count). The van der Waals surface area contributed by atoms with E-state index in [1.54, 1.807) is 56.0 Å². The summed E-state index contributed by atoms with van der Waals surface area (Å²) in [4.78, 5) is 50.7. The van der Waals surface area contributed by atoms with Crippen LogP contribution >= 0.6 is 23.1 Å². The van der Waals surface area contributed by atoms with Gasteiger partial charge in [-0.15, -0.1) is 11.3 Å². The number of phenols is 1. The van der Waals surface area contributed by atoms with E-state index in [1.807, 2.05) is 55.0 Å². The Balaban J connectivity index is 0.000000202. The molecule has 3 aromatic heterocycles. The smallest absolute Gasteiger partial charge is 0.410 e. The molecule has 6 aromatic rings. The molecule has 2 fully saturated rings. The van der Waals surface area contributed by atoms with Crippen LogP contribution in [0.2, 0.25) is 0 Å². The number of phenolic OH excluding ortho intramolecular Hbond substituents is 1. The molecule has 13 nitrogen and oxygen atoms in total. The van der Waals surface area contributed by atoms with Gasteiger partial charge in [-0.1, -0.05) is 61.7 Å². The SMILES string of the molecule is CC(c1ccc(Sc2cccc(OCCC=O)c2)nc1)N1CCN(C2CCCCCC2)CC1.CNc1ccc(CN(CC(O)c2ccc(O)c3[nH]c(=O)ccc23)C(=O)OC(C)(C)C)c2ccsc12. The molecule has 15 heteroatoms. The molecule has 362 valence electrons. The van der Waals surface area contributed by atoms with E-state index < -0.39 is 17.8 Å². The summed E-state index contributed by atoms with van der Waals surface area (Å²) in [5.74, 6) is 0.692. The summed E-state index contributed by atoms with van der Waals surface area (Å²) in [5.41, 5.74) is 2.87. The summed E-state index contributed by atoms with van der Waals surface area (Å²) in [6, 6.07) is 25.4. The summed E-state index contributed by atoms with van der Waals surface area (Å²) in [6.45, 7) is 13.0. The van der Waals surface area contributed by atoms with Crippen LogP contribution in [-0.2, 0) is 16.1 Å². The molecule has 1 amide bonds. The minimum Gasteiger partial charge on any atom is -0.506 e. The number of aliphatic hydroxyl groups excluding tert-OH is 1. The maximum Gasteiger partial charge on any atom is 0.410 e. The number of fused-ring (bicyclic) bond motifs is 2. The predicted octanol–water partition coefficient (Wildman–Crippen LogP) is 10.6. The lowest BCUT2D eigenvalue weighted by Crippen LogP contribution is -2.50. The number of ether oxygens (including phenoxy) is 2. The molecule has 2 unspecified atom stereocenters. The molecule has 2 atom stereocenters. The van der Waals surface area contributed by atoms with Crippen LogP contribution < -0.4 is 15.6 Å². The number of nitrogens with zero attached hydrogens (tertiary/aromatic N) is 4. The van der Waals surface area contributed by atoms with Crippen molar-refractivity contribution in [3.63, 3.8) is 0 Å². The summed E-state index contributed by atoms with van der Waals surface area (Å²) in [5, 5.41) is 29.1. The summed E-state index contributed by atoms with van der Waals surface area (Å²) < 4.78 is 12.4. The van der Waals surface area contributed by atoms with Crippen molar-refractivity contribution in [3.05, 3.63) is 117 Å². The number of H-pyrrole nitrogens is 1. The van der Waals surface area contributed by atoms with Gasteiger partial charge in [-0.05, 0) is 117 Å². The normalized spacial score (nSPS) is 16.0. The molecule has 0 bridgehead atoms. The van der Waals surface area contributed by atoms with Gasteiger partial charge >= 0.3 is 6.09 Å². The third-order valence-corrected chi connectivity index (χ3v) is 14.5. The first-order valence-electron chi connectivity index (χ1n) is 23.8. The second-order valence-corrected chi connectivity index (χ2v) is 20.6. The number of benzene rings is 3. The molecule has 0 radical (unpaired) electrons. The fourth-order valence-corrected chi connectivity index (χ4v) is 10.8. The minimum absolute atomic E-state index is 0.0483. The van der Waals surface area contributed by atoms with Gasteiger partial charge in [0, 0.05) is 80.8 Å². The van der Waals surface area contributed by atoms with E-state index in [-0.39, 0.29) is 29.9 Å². The number of piperazine rings is 1. The maximum atomic E-state index is 13.2. The van der Waals surface area contributed by atoms with Crippen molar-refractivity contribution >= 4 is 62.2 Å². The van der Waals surface area contributed by atoms with E-state index >= 15 is 0 Å². The van der Waals surface area contributed by atoms with E-state index in [4.69, 9.17) is 14.5 Å². The van der Waals surface area contributed by atoms with Crippen molar-refractivity contribution in [2.24, 2.45) is 0 Å². The zero-order valence-corrected chi connectivity index (χ0v) is 41.5. The number of aliphatic hydroxyl groups is 1. The Bertz CT molecular complexity index is 2650. The quantitative estimate of drug-likeness (QED) is 0.0439. The molecule has 1 saturated heterocycles. The Kier molecular flexibility index (Phi) is 17.6. The molecule has 68 heavy (non-hydrogen) atoms. The second kappa shape index (κ2) is 23.7. The maximum absolute atomic E-state index is 13.2. The Labute approximate surface area is 407 Å². The lowest BCUT2D eigenvalue weighted by Gasteiger charge is -2.41. The van der Waals surface area contributed by atoms with Crippen molar-refractivity contribution in [3.8, 4) is 11.5 Å². The van der Waals surface area contributed by atoms with Gasteiger partial charge in [-0.2, -0.15) is 0 Å². The number of aromatic hydroxyl groups is 1. The highest BCUT2D eigenvalue weighted by Gasteiger charge is 2.29. The molecule has 1 saturated carbocycles. The highest BCUT2D eigenvalue weighted by molar-refractivity contribution is 7.99. The van der Waals surface area contributed by atoms with Crippen molar-refractivity contribution in [1.29, 1.82) is 0 Å². The third kappa shape index (κ3) is 13.4. The van der Waals surface area contributed by atoms with Gasteiger partial charge < -0.3 is 39.7 Å². The number of carbonyl (C=O) groups excluding carboxylic acids is 2. The van der Waals surface area contributed by atoms with Crippen molar-refractivity contribution < 1.29 is 29.3 Å². The molecule has 2 aliphatic rings. The molecule has 3 aromatic carbocycles. The highest BCUT2D eigenvalue weighted by Crippen LogP contribution is 2.35. The minimum atomic E-state index is -1.09. The van der Waals surface area contributed by atoms with E-state index in [0.717, 1.165) is 62.4 Å². The number of aromatic nitrogens is 2. The van der Waals surface area contributed by atoms with Crippen molar-refractivity contribution in [2.45, 2.75) is 113 Å². The van der Waals surface area contributed by atoms with Crippen LogP contribution in [0, 0.1) is 0 Å². The van der Waals surface area contributed by atoms with E-state index in [2.05, 4.69) is 45.2 Å². The van der Waals surface area contributed by atoms with Gasteiger partial charge in [0.25, 0.3) is 0 Å². The number of nitrogens with one attached hydrogen (secondary N) is 2. The number of pyridine rings is 2. The predicted molar refractivity (Wildman–Crippen MR) is 273 cm³/mol. The van der Waals surface area contributed by atoms with Crippen molar-refractivity contribution in [2.75, 3.05) is 51.7 Å². The third-order valence-electron chi connectivity index (χ3n) is 12.7. The standard InChI is InChI=1S/C27H37N3O2S.C26H29N3O5S/c1-22(29-14-16-30(17-15-29)24-8-4-2-3-5-9-24)23-12-13-27(28-21-23)33-26-11-6-10-25(20-26)32-19-7-18-31;1-26(2,3)34-25(33)29(13-15-5-8-19(27-4)24-16(15)11-12-35-24)14-21(31)17-6-9-20(30)23-18(17)7-10-22(32)28-23/h6,10-13,18,20-22,24H,2-5,7-9,14-17,19H2,1H3;5-12,21,27,30-31H,13-14H2,1-4H3,(H,28,32). The van der Waals surface area contributed by atoms with Crippen molar-refractivity contribution in [1.82, 2.24) is 24.7 Å². The van der Waals surface area contributed by atoms with E-state index in [1.165, 1.54) is 74.2 Å². The largest absolute Gasteiger partial charge is 0.506 e. The van der Waals surface area contributed by atoms with Gasteiger partial charge in [0.05, 0.1) is 35.2 Å². The number of aromatic amines is 1. The van der Waals surface area contributed by atoms with Crippen LogP contribution in [0.5, 0.6) is 11.5 Å². The summed E-state index contributed by atoms with van der Waals surface area (Å²) in [6.07, 6.45) is 10.2. The van der Waals surface area contributed by atoms with Gasteiger partial charge in [0.1, 0.15) is 28.4 Å². The first kappa shape index (κ1) is 50.4. The van der Waals surface area contributed by atoms with E-state index in [9.17, 15) is 24.6 Å². The molecule has 4 N–H and O–H groups in total. The number of hydrogen-bond acceptors (Lipinski definition) is 13. The molecule has 1 aliphatic carbocycles. The lowest BCUT2D eigenvalue weighted by atomic mass is 10.0. The van der Waals surface area contributed by atoms with Gasteiger partial charge in [-0.25, -0.2) is 9.78 Å². The summed E-state index contributed by atoms with van der Waals surface area (Å²) in [7, 11) is 1.87. The number of carbonyl (C=O) groups is 2. The average Bonchev–Trinajstić information content (AvgIpc) is 3.67. The molecular weight excluding hydrogens is 897 g/mol. The topological polar surface area (TPSA) is 161 Å². The highest BCUT2D eigenvalue weighted by atomic mass is 32.2. The zero-order chi connectivity index (χ0) is 48.2. The van der Waals surface area contributed by atoms with Crippen LogP contribution in [0.1, 0.15) is 101 Å². The van der Waals surface area contributed by atoms with Crippen LogP contribution in [0.3, 0.4) is 0 Å². The van der Waals surface area contributed by atoms with Crippen LogP contribution in [-0.4, -0.2) is 105 Å². The average molecular weight is 963 g/mol. The van der Waals surface area contributed by atoms with Crippen LogP contribution in [0.4, 0.5) is 10.5 Å². The first-order chi connectivity index (χ1) is 32.8. The van der Waals surface area contributed by atoms with Crippen LogP contribution in [0.25, 0.3) is 21.0 Å². The fraction of sp³-hybridized carbons (Fsp3) is 0.434. The number of hydrogen-bond donors (Lipinski definition) is 4. The number of aldehydes is 1. The number of thiophene rings is 1. The Hall–Kier alpha value is -5.45. The lowest BCUT2D eigenvalue weighted by molar-refractivity contribution is -0.108. The molecule has 1 aliphatic heterocycles. The molecule has 0 spiro atoms. The number of anilines is 1. The first-order valence-corrected chi connectivity index (χ1v) is 25.5. The molecule has 4 heterocycles. The van der Waals surface area contributed by atoms with Gasteiger partial charge in [0.2, 0.25) is 5.56 Å². The van der Waals surface area contributed by atoms with E-state index in [0.29, 0.717) is 30.0 Å². The van der Waals surface area contributed by atoms with Crippen LogP contribution in [0.15, 0.2) is 105 Å². The molecular formula is C53H66N6O7S2. The Morgan fingerprint density at radius 3 is 2.49 bits per heavy atom. The zero-order valence-electron chi connectivity index (χ0n) is 39.9. The number of rotatable bonds is 15. The Morgan fingerprint density at radius 2 is 1.78 bits per heavy atom.